The number of hydrogen-bond donors (Lipinski definition) is 0. The number of anilines is 1. The van der Waals surface area contributed by atoms with Crippen LogP contribution in [0.15, 0.2) is 36.7 Å². The molecule has 0 atom stereocenters. The molecule has 0 saturated carbocycles. The number of benzene rings is 1. The van der Waals surface area contributed by atoms with Crippen LogP contribution >= 0.6 is 0 Å². The van der Waals surface area contributed by atoms with Gasteiger partial charge in [-0.3, -0.25) is 9.69 Å². The molecule has 1 aromatic heterocycles. The molecule has 0 radical (unpaired) electrons. The van der Waals surface area contributed by atoms with Gasteiger partial charge in [0.1, 0.15) is 5.75 Å². The summed E-state index contributed by atoms with van der Waals surface area (Å²) >= 11 is 0. The van der Waals surface area contributed by atoms with Crippen molar-refractivity contribution in [3.05, 3.63) is 47.8 Å². The van der Waals surface area contributed by atoms with E-state index >= 15 is 0 Å². The third kappa shape index (κ3) is 3.71. The summed E-state index contributed by atoms with van der Waals surface area (Å²) in [5.74, 6) is 1.69. The smallest absolute Gasteiger partial charge is 0.225 e. The van der Waals surface area contributed by atoms with E-state index in [9.17, 15) is 4.79 Å². The third-order valence-corrected chi connectivity index (χ3v) is 4.29. The number of nitrogens with zero attached hydrogens (tertiary/aromatic N) is 4. The molecule has 24 heavy (non-hydrogen) atoms. The van der Waals surface area contributed by atoms with Crippen LogP contribution in [0.5, 0.6) is 5.75 Å². The number of rotatable bonds is 5. The second kappa shape index (κ2) is 7.40. The average Bonchev–Trinajstić information content (AvgIpc) is 2.63. The molecular weight excluding hydrogens is 304 g/mol. The zero-order chi connectivity index (χ0) is 16.9. The summed E-state index contributed by atoms with van der Waals surface area (Å²) in [6.07, 6.45) is 3.54. The second-order valence-corrected chi connectivity index (χ2v) is 5.89. The Morgan fingerprint density at radius 1 is 1.17 bits per heavy atom. The van der Waals surface area contributed by atoms with Gasteiger partial charge in [-0.1, -0.05) is 0 Å². The average molecular weight is 326 g/mol. The lowest BCUT2D eigenvalue weighted by atomic mass is 10.1. The number of ketones is 1. The summed E-state index contributed by atoms with van der Waals surface area (Å²) in [4.78, 5) is 24.8. The topological polar surface area (TPSA) is 58.6 Å². The quantitative estimate of drug-likeness (QED) is 0.784. The Labute approximate surface area is 142 Å². The van der Waals surface area contributed by atoms with Crippen molar-refractivity contribution in [2.75, 3.05) is 38.2 Å². The number of carbonyl (C=O) groups is 1. The fraction of sp³-hybridized carbons (Fsp3) is 0.389. The molecule has 1 aromatic carbocycles. The van der Waals surface area contributed by atoms with E-state index in [0.717, 1.165) is 55.5 Å². The lowest BCUT2D eigenvalue weighted by Crippen LogP contribution is -2.46. The van der Waals surface area contributed by atoms with Gasteiger partial charge in [0.05, 0.1) is 7.11 Å². The highest BCUT2D eigenvalue weighted by Gasteiger charge is 2.20. The maximum absolute atomic E-state index is 11.6. The number of methoxy groups -OCH3 is 1. The molecule has 1 aliphatic heterocycles. The van der Waals surface area contributed by atoms with E-state index in [2.05, 4.69) is 19.8 Å². The van der Waals surface area contributed by atoms with Gasteiger partial charge in [0.25, 0.3) is 0 Å². The lowest BCUT2D eigenvalue weighted by molar-refractivity contribution is 0.101. The molecule has 6 nitrogen and oxygen atoms in total. The van der Waals surface area contributed by atoms with Gasteiger partial charge in [0.2, 0.25) is 5.95 Å². The predicted octanol–water partition coefficient (Wildman–Crippen LogP) is 2.01. The molecule has 2 aromatic rings. The van der Waals surface area contributed by atoms with Crippen LogP contribution in [0.25, 0.3) is 0 Å². The SMILES string of the molecule is COc1ccc(C(C)=O)cc1CN1CCN(c2ncccn2)CC1. The maximum atomic E-state index is 11.6. The van der Waals surface area contributed by atoms with Gasteiger partial charge in [-0.15, -0.1) is 0 Å². The fourth-order valence-corrected chi connectivity index (χ4v) is 2.92. The van der Waals surface area contributed by atoms with Crippen LogP contribution < -0.4 is 9.64 Å². The van der Waals surface area contributed by atoms with Crippen LogP contribution in [-0.4, -0.2) is 53.9 Å². The Morgan fingerprint density at radius 3 is 2.50 bits per heavy atom. The Balaban J connectivity index is 1.65. The van der Waals surface area contributed by atoms with Crippen molar-refractivity contribution < 1.29 is 9.53 Å². The van der Waals surface area contributed by atoms with Gasteiger partial charge >= 0.3 is 0 Å². The Kier molecular flexibility index (Phi) is 5.05. The molecule has 0 bridgehead atoms. The van der Waals surface area contributed by atoms with Crippen LogP contribution in [0.1, 0.15) is 22.8 Å². The van der Waals surface area contributed by atoms with Crippen molar-refractivity contribution in [2.45, 2.75) is 13.5 Å². The zero-order valence-electron chi connectivity index (χ0n) is 14.1. The minimum absolute atomic E-state index is 0.0740. The number of carbonyl (C=O) groups excluding carboxylic acids is 1. The first-order valence-electron chi connectivity index (χ1n) is 8.09. The first-order chi connectivity index (χ1) is 11.7. The molecule has 1 aliphatic rings. The van der Waals surface area contributed by atoms with Crippen LogP contribution in [0.4, 0.5) is 5.95 Å². The van der Waals surface area contributed by atoms with Gasteiger partial charge in [0.15, 0.2) is 5.78 Å². The van der Waals surface area contributed by atoms with E-state index in [1.807, 2.05) is 24.3 Å². The van der Waals surface area contributed by atoms with Crippen molar-refractivity contribution in [3.63, 3.8) is 0 Å². The highest BCUT2D eigenvalue weighted by Crippen LogP contribution is 2.23. The molecule has 0 N–H and O–H groups in total. The molecule has 2 heterocycles. The molecule has 126 valence electrons. The molecule has 1 fully saturated rings. The molecule has 0 spiro atoms. The second-order valence-electron chi connectivity index (χ2n) is 5.89. The molecule has 0 unspecified atom stereocenters. The first-order valence-corrected chi connectivity index (χ1v) is 8.09. The van der Waals surface area contributed by atoms with Gasteiger partial charge in [-0.2, -0.15) is 0 Å². The van der Waals surface area contributed by atoms with Crippen molar-refractivity contribution in [3.8, 4) is 5.75 Å². The zero-order valence-corrected chi connectivity index (χ0v) is 14.1. The van der Waals surface area contributed by atoms with Crippen LogP contribution in [0.2, 0.25) is 0 Å². The van der Waals surface area contributed by atoms with Gasteiger partial charge in [-0.05, 0) is 31.2 Å². The number of piperazine rings is 1. The maximum Gasteiger partial charge on any atom is 0.225 e. The van der Waals surface area contributed by atoms with Gasteiger partial charge in [-0.25, -0.2) is 9.97 Å². The molecule has 6 heteroatoms. The highest BCUT2D eigenvalue weighted by atomic mass is 16.5. The summed E-state index contributed by atoms with van der Waals surface area (Å²) in [6.45, 7) is 5.98. The third-order valence-electron chi connectivity index (χ3n) is 4.29. The normalized spacial score (nSPS) is 15.3. The van der Waals surface area contributed by atoms with Crippen molar-refractivity contribution in [1.29, 1.82) is 0 Å². The van der Waals surface area contributed by atoms with E-state index in [0.29, 0.717) is 0 Å². The van der Waals surface area contributed by atoms with Crippen molar-refractivity contribution in [2.24, 2.45) is 0 Å². The predicted molar refractivity (Wildman–Crippen MR) is 92.5 cm³/mol. The molecule has 0 amide bonds. The molecular formula is C18H22N4O2. The van der Waals surface area contributed by atoms with Gasteiger partial charge < -0.3 is 9.64 Å². The van der Waals surface area contributed by atoms with Crippen LogP contribution in [-0.2, 0) is 6.54 Å². The molecule has 0 aliphatic carbocycles. The number of ether oxygens (including phenoxy) is 1. The fourth-order valence-electron chi connectivity index (χ4n) is 2.92. The number of hydrogen-bond acceptors (Lipinski definition) is 6. The van der Waals surface area contributed by atoms with Crippen LogP contribution in [0, 0.1) is 0 Å². The minimum atomic E-state index is 0.0740. The molecule has 1 saturated heterocycles. The van der Waals surface area contributed by atoms with E-state index in [-0.39, 0.29) is 5.78 Å². The number of aromatic nitrogens is 2. The van der Waals surface area contributed by atoms with Crippen molar-refractivity contribution >= 4 is 11.7 Å². The monoisotopic (exact) mass is 326 g/mol. The summed E-state index contributed by atoms with van der Waals surface area (Å²) in [5.41, 5.74) is 1.77. The summed E-state index contributed by atoms with van der Waals surface area (Å²) < 4.78 is 5.44. The largest absolute Gasteiger partial charge is 0.496 e. The first kappa shape index (κ1) is 16.4. The Bertz CT molecular complexity index is 697. The number of Topliss-reactive ketones (excluding diaryl/α,β-unsaturated/α-hetero) is 1. The van der Waals surface area contributed by atoms with Gasteiger partial charge in [0, 0.05) is 56.2 Å². The Hall–Kier alpha value is -2.47. The molecule has 3 rings (SSSR count). The standard InChI is InChI=1S/C18H22N4O2/c1-14(23)15-4-5-17(24-2)16(12-15)13-21-8-10-22(11-9-21)18-19-6-3-7-20-18/h3-7,12H,8-11,13H2,1-2H3. The Morgan fingerprint density at radius 2 is 1.88 bits per heavy atom. The van der Waals surface area contributed by atoms with E-state index in [1.54, 1.807) is 26.4 Å². The van der Waals surface area contributed by atoms with E-state index in [1.165, 1.54) is 0 Å². The van der Waals surface area contributed by atoms with Crippen molar-refractivity contribution in [1.82, 2.24) is 14.9 Å². The summed E-state index contributed by atoms with van der Waals surface area (Å²) in [6, 6.07) is 7.46. The van der Waals surface area contributed by atoms with E-state index < -0.39 is 0 Å². The lowest BCUT2D eigenvalue weighted by Gasteiger charge is -2.34. The summed E-state index contributed by atoms with van der Waals surface area (Å²) in [5, 5.41) is 0. The highest BCUT2D eigenvalue weighted by molar-refractivity contribution is 5.94. The van der Waals surface area contributed by atoms with E-state index in [4.69, 9.17) is 4.74 Å². The van der Waals surface area contributed by atoms with Crippen LogP contribution in [0.3, 0.4) is 0 Å². The summed E-state index contributed by atoms with van der Waals surface area (Å²) in [7, 11) is 1.66. The minimum Gasteiger partial charge on any atom is -0.496 e.